The zero-order valence-electron chi connectivity index (χ0n) is 15.7. The van der Waals surface area contributed by atoms with E-state index < -0.39 is 23.8 Å². The molecule has 0 saturated heterocycles. The predicted molar refractivity (Wildman–Crippen MR) is 102 cm³/mol. The van der Waals surface area contributed by atoms with Gasteiger partial charge in [-0.1, -0.05) is 13.0 Å². The molecule has 0 radical (unpaired) electrons. The minimum Gasteiger partial charge on any atom is -0.392 e. The normalized spacial score (nSPS) is 20.2. The van der Waals surface area contributed by atoms with Crippen LogP contribution in [0.25, 0.3) is 17.6 Å². The molecule has 2 atom stereocenters. The summed E-state index contributed by atoms with van der Waals surface area (Å²) in [5.41, 5.74) is 2.92. The first-order valence-corrected chi connectivity index (χ1v) is 9.15. The summed E-state index contributed by atoms with van der Waals surface area (Å²) in [6.07, 6.45) is 3.92. The molecule has 9 heteroatoms. The predicted octanol–water partition coefficient (Wildman–Crippen LogP) is 3.43. The Morgan fingerprint density at radius 2 is 2.29 bits per heavy atom. The molecule has 150 valence electrons. The van der Waals surface area contributed by atoms with Crippen LogP contribution < -0.4 is 5.32 Å². The quantitative estimate of drug-likeness (QED) is 0.605. The highest BCUT2D eigenvalue weighted by atomic mass is 19.1. The summed E-state index contributed by atoms with van der Waals surface area (Å²) < 4.78 is 28.0. The van der Waals surface area contributed by atoms with Crippen LogP contribution in [-0.4, -0.2) is 44.0 Å². The van der Waals surface area contributed by atoms with E-state index in [2.05, 4.69) is 25.5 Å². The van der Waals surface area contributed by atoms with Crippen LogP contribution in [0.4, 0.5) is 14.5 Å². The number of aromatic amines is 2. The lowest BCUT2D eigenvalue weighted by Gasteiger charge is -2.22. The number of rotatable bonds is 6. The van der Waals surface area contributed by atoms with Crippen LogP contribution in [0.1, 0.15) is 37.6 Å². The number of imidazole rings is 1. The van der Waals surface area contributed by atoms with E-state index in [0.29, 0.717) is 23.6 Å². The maximum Gasteiger partial charge on any atom is 0.237 e. The number of carbonyl (C=O) groups excluding carboxylic acids is 1. The summed E-state index contributed by atoms with van der Waals surface area (Å²) >= 11 is 0. The second-order valence-corrected chi connectivity index (χ2v) is 6.72. The Balaban J connectivity index is 1.85. The zero-order chi connectivity index (χ0) is 20.3. The third kappa shape index (κ3) is 4.04. The maximum absolute atomic E-state index is 14.0. The van der Waals surface area contributed by atoms with Crippen molar-refractivity contribution in [3.63, 3.8) is 0 Å². The van der Waals surface area contributed by atoms with Gasteiger partial charge in [0.2, 0.25) is 5.91 Å². The number of halogens is 2. The van der Waals surface area contributed by atoms with Gasteiger partial charge in [0.25, 0.3) is 0 Å². The van der Waals surface area contributed by atoms with Gasteiger partial charge in [0.15, 0.2) is 5.82 Å². The molecule has 0 saturated carbocycles. The van der Waals surface area contributed by atoms with Gasteiger partial charge in [-0.05, 0) is 37.8 Å². The molecule has 28 heavy (non-hydrogen) atoms. The van der Waals surface area contributed by atoms with Crippen LogP contribution >= 0.6 is 0 Å². The number of hydrogen-bond acceptors (Lipinski definition) is 4. The van der Waals surface area contributed by atoms with E-state index in [1.807, 2.05) is 13.8 Å². The fraction of sp³-hybridized carbons (Fsp3) is 0.421. The van der Waals surface area contributed by atoms with Crippen molar-refractivity contribution in [3.8, 4) is 11.5 Å². The summed E-state index contributed by atoms with van der Waals surface area (Å²) in [6.45, 7) is 3.70. The fourth-order valence-corrected chi connectivity index (χ4v) is 3.09. The first kappa shape index (κ1) is 19.9. The van der Waals surface area contributed by atoms with E-state index in [4.69, 9.17) is 0 Å². The highest BCUT2D eigenvalue weighted by Gasteiger charge is 2.35. The summed E-state index contributed by atoms with van der Waals surface area (Å²) in [4.78, 5) is 20.0. The van der Waals surface area contributed by atoms with Crippen LogP contribution in [0.2, 0.25) is 0 Å². The molecule has 2 heterocycles. The molecule has 1 amide bonds. The zero-order valence-corrected chi connectivity index (χ0v) is 15.7. The lowest BCUT2D eigenvalue weighted by molar-refractivity contribution is -0.121. The summed E-state index contributed by atoms with van der Waals surface area (Å²) in [5, 5.41) is 18.5. The van der Waals surface area contributed by atoms with Gasteiger partial charge in [-0.2, -0.15) is 5.10 Å². The molecule has 7 nitrogen and oxygen atoms in total. The largest absolute Gasteiger partial charge is 0.392 e. The number of alkyl halides is 1. The average Bonchev–Trinajstić information content (AvgIpc) is 3.25. The molecule has 2 aromatic heterocycles. The molecule has 0 spiro atoms. The fourth-order valence-electron chi connectivity index (χ4n) is 3.09. The topological polar surface area (TPSA) is 107 Å². The van der Waals surface area contributed by atoms with Crippen LogP contribution in [0.3, 0.4) is 0 Å². The van der Waals surface area contributed by atoms with Gasteiger partial charge in [0, 0.05) is 5.69 Å². The molecule has 0 bridgehead atoms. The van der Waals surface area contributed by atoms with Crippen molar-refractivity contribution >= 4 is 17.7 Å². The van der Waals surface area contributed by atoms with Crippen LogP contribution in [0.5, 0.6) is 0 Å². The molecule has 0 aromatic carbocycles. The van der Waals surface area contributed by atoms with E-state index in [1.54, 1.807) is 6.08 Å². The number of anilines is 1. The van der Waals surface area contributed by atoms with Crippen LogP contribution in [-0.2, 0) is 4.79 Å². The van der Waals surface area contributed by atoms with Gasteiger partial charge < -0.3 is 15.4 Å². The number of nitrogens with zero attached hydrogens (tertiary/aromatic N) is 2. The standard InChI is InChI=1S/C19H23F2N5O2/c1-3-11(9-27)7-14-10(2)23-18(24-14)17-15(8-22-26-17)25-19(28)16-12(20)5-4-6-13(16)21/h5,7-8,13,16,27H,3-4,6,9H2,1-2H3,(H,22,26)(H,23,24)(H,25,28)/b11-7+. The maximum atomic E-state index is 14.0. The number of aliphatic hydroxyl groups excluding tert-OH is 1. The van der Waals surface area contributed by atoms with Gasteiger partial charge in [-0.3, -0.25) is 9.89 Å². The van der Waals surface area contributed by atoms with Crippen molar-refractivity contribution in [1.82, 2.24) is 20.2 Å². The first-order chi connectivity index (χ1) is 13.4. The van der Waals surface area contributed by atoms with Gasteiger partial charge in [0.05, 0.1) is 24.2 Å². The van der Waals surface area contributed by atoms with E-state index in [1.165, 1.54) is 12.3 Å². The second-order valence-electron chi connectivity index (χ2n) is 6.72. The Hall–Kier alpha value is -2.81. The molecule has 2 unspecified atom stereocenters. The lowest BCUT2D eigenvalue weighted by atomic mass is 9.92. The smallest absolute Gasteiger partial charge is 0.237 e. The molecule has 0 fully saturated rings. The van der Waals surface area contributed by atoms with E-state index in [-0.39, 0.29) is 25.1 Å². The van der Waals surface area contributed by atoms with Crippen molar-refractivity contribution in [2.45, 2.75) is 39.3 Å². The molecule has 1 aliphatic rings. The molecule has 4 N–H and O–H groups in total. The number of nitrogens with one attached hydrogen (secondary N) is 3. The number of amides is 1. The summed E-state index contributed by atoms with van der Waals surface area (Å²) in [6, 6.07) is 0. The van der Waals surface area contributed by atoms with Crippen molar-refractivity contribution < 1.29 is 18.7 Å². The Bertz CT molecular complexity index is 909. The minimum atomic E-state index is -1.56. The summed E-state index contributed by atoms with van der Waals surface area (Å²) in [7, 11) is 0. The van der Waals surface area contributed by atoms with Crippen LogP contribution in [0, 0.1) is 12.8 Å². The van der Waals surface area contributed by atoms with Crippen LogP contribution in [0.15, 0.2) is 23.7 Å². The highest BCUT2D eigenvalue weighted by Crippen LogP contribution is 2.31. The van der Waals surface area contributed by atoms with Crippen molar-refractivity contribution in [2.24, 2.45) is 5.92 Å². The number of carbonyl (C=O) groups is 1. The van der Waals surface area contributed by atoms with E-state index >= 15 is 0 Å². The molecular formula is C19H23F2N5O2. The number of aromatic nitrogens is 4. The van der Waals surface area contributed by atoms with Gasteiger partial charge >= 0.3 is 0 Å². The number of H-pyrrole nitrogens is 2. The monoisotopic (exact) mass is 391 g/mol. The SMILES string of the molecule is CC/C(=C\c1nc(-c2[nH]ncc2NC(=O)C2C(F)=CCCC2F)[nH]c1C)CO. The Morgan fingerprint density at radius 1 is 1.50 bits per heavy atom. The third-order valence-corrected chi connectivity index (χ3v) is 4.78. The first-order valence-electron chi connectivity index (χ1n) is 9.15. The number of hydrogen-bond donors (Lipinski definition) is 4. The lowest BCUT2D eigenvalue weighted by Crippen LogP contribution is -2.33. The summed E-state index contributed by atoms with van der Waals surface area (Å²) in [5.74, 6) is -2.55. The molecule has 1 aliphatic carbocycles. The van der Waals surface area contributed by atoms with Gasteiger partial charge in [0.1, 0.15) is 23.6 Å². The molecule has 2 aromatic rings. The molecule has 0 aliphatic heterocycles. The Labute approximate surface area is 161 Å². The number of allylic oxidation sites excluding steroid dienone is 1. The Morgan fingerprint density at radius 3 is 2.96 bits per heavy atom. The second kappa shape index (κ2) is 8.47. The van der Waals surface area contributed by atoms with E-state index in [0.717, 1.165) is 11.3 Å². The highest BCUT2D eigenvalue weighted by molar-refractivity contribution is 5.97. The minimum absolute atomic E-state index is 0.0611. The average molecular weight is 391 g/mol. The molecule has 3 rings (SSSR count). The molecular weight excluding hydrogens is 368 g/mol. The number of aliphatic hydroxyl groups is 1. The third-order valence-electron chi connectivity index (χ3n) is 4.78. The van der Waals surface area contributed by atoms with Gasteiger partial charge in [-0.15, -0.1) is 0 Å². The van der Waals surface area contributed by atoms with Gasteiger partial charge in [-0.25, -0.2) is 13.8 Å². The van der Waals surface area contributed by atoms with Crippen molar-refractivity contribution in [2.75, 3.05) is 11.9 Å². The van der Waals surface area contributed by atoms with Crippen molar-refractivity contribution in [3.05, 3.63) is 35.1 Å². The number of aryl methyl sites for hydroxylation is 1. The van der Waals surface area contributed by atoms with E-state index in [9.17, 15) is 18.7 Å². The van der Waals surface area contributed by atoms with Crippen molar-refractivity contribution in [1.29, 1.82) is 0 Å². The Kier molecular flexibility index (Phi) is 6.03.